The molecule has 1 heterocycles. The van der Waals surface area contributed by atoms with Gasteiger partial charge in [-0.2, -0.15) is 5.21 Å². The van der Waals surface area contributed by atoms with Crippen LogP contribution in [0.15, 0.2) is 18.2 Å². The minimum absolute atomic E-state index is 0.449. The van der Waals surface area contributed by atoms with Crippen LogP contribution in [0.2, 0.25) is 0 Å². The Bertz CT molecular complexity index is 799. The highest BCUT2D eigenvalue weighted by Crippen LogP contribution is 2.36. The molecule has 0 aliphatic heterocycles. The lowest BCUT2D eigenvalue weighted by atomic mass is 9.82. The number of aromatic amines is 1. The number of rotatable bonds is 4. The van der Waals surface area contributed by atoms with Crippen molar-refractivity contribution >= 4 is 17.3 Å². The van der Waals surface area contributed by atoms with Crippen LogP contribution in [0.5, 0.6) is 0 Å². The van der Waals surface area contributed by atoms with Crippen molar-refractivity contribution in [2.45, 2.75) is 50.2 Å². The van der Waals surface area contributed by atoms with Crippen LogP contribution in [0, 0.1) is 0 Å². The number of nitrogens with one attached hydrogen (secondary N) is 2. The first-order valence-electron chi connectivity index (χ1n) is 8.55. The second-order valence-electron chi connectivity index (χ2n) is 6.71. The second-order valence-corrected chi connectivity index (χ2v) is 6.71. The highest BCUT2D eigenvalue weighted by molar-refractivity contribution is 6.49. The van der Waals surface area contributed by atoms with Gasteiger partial charge < -0.3 is 10.4 Å². The molecule has 2 aromatic rings. The first kappa shape index (κ1) is 15.9. The Hall–Kier alpha value is -2.61. The van der Waals surface area contributed by atoms with E-state index in [2.05, 4.69) is 32.0 Å². The maximum absolute atomic E-state index is 11.7. The highest BCUT2D eigenvalue weighted by atomic mass is 16.3. The molecule has 3 N–H and O–H groups in total. The molecule has 0 saturated heterocycles. The number of tetrazole rings is 1. The van der Waals surface area contributed by atoms with Crippen molar-refractivity contribution < 1.29 is 14.7 Å². The summed E-state index contributed by atoms with van der Waals surface area (Å²) >= 11 is 0. The van der Waals surface area contributed by atoms with Crippen molar-refractivity contribution in [3.63, 3.8) is 0 Å². The summed E-state index contributed by atoms with van der Waals surface area (Å²) in [5.41, 5.74) is 2.61. The largest absolute Gasteiger partial charge is 0.382 e. The Morgan fingerprint density at radius 1 is 1.08 bits per heavy atom. The summed E-state index contributed by atoms with van der Waals surface area (Å²) in [5, 5.41) is 26.8. The molecule has 2 unspecified atom stereocenters. The van der Waals surface area contributed by atoms with E-state index >= 15 is 0 Å². The smallest absolute Gasteiger partial charge is 0.231 e. The van der Waals surface area contributed by atoms with E-state index in [9.17, 15) is 14.7 Å². The van der Waals surface area contributed by atoms with Crippen LogP contribution in [-0.2, 0) is 9.59 Å². The molecule has 0 bridgehead atoms. The van der Waals surface area contributed by atoms with Crippen LogP contribution in [0.4, 0.5) is 5.69 Å². The molecule has 130 valence electrons. The minimum atomic E-state index is -1.28. The van der Waals surface area contributed by atoms with E-state index in [1.54, 1.807) is 6.07 Å². The van der Waals surface area contributed by atoms with Crippen molar-refractivity contribution in [2.24, 2.45) is 0 Å². The van der Waals surface area contributed by atoms with E-state index in [0.29, 0.717) is 17.4 Å². The number of nitrogens with zero attached hydrogens (tertiary/aromatic N) is 3. The molecule has 4 rings (SSSR count). The molecule has 2 fully saturated rings. The van der Waals surface area contributed by atoms with E-state index in [0.717, 1.165) is 24.0 Å². The van der Waals surface area contributed by atoms with Gasteiger partial charge in [-0.3, -0.25) is 9.59 Å². The monoisotopic (exact) mass is 341 g/mol. The SMILES string of the molecule is O=C1C(=O)C(Nc2cc(-c3nn[nH]n3)cc(C3CCCCC3)c2)C1O. The third-order valence-corrected chi connectivity index (χ3v) is 5.07. The number of carbonyl (C=O) groups excluding carboxylic acids is 2. The van der Waals surface area contributed by atoms with Crippen molar-refractivity contribution in [3.05, 3.63) is 23.8 Å². The van der Waals surface area contributed by atoms with Gasteiger partial charge in [-0.05, 0) is 47.7 Å². The third kappa shape index (κ3) is 2.93. The molecule has 1 aromatic heterocycles. The number of anilines is 1. The zero-order chi connectivity index (χ0) is 17.4. The maximum atomic E-state index is 11.7. The van der Waals surface area contributed by atoms with E-state index < -0.39 is 23.7 Å². The van der Waals surface area contributed by atoms with E-state index in [-0.39, 0.29) is 0 Å². The summed E-state index contributed by atoms with van der Waals surface area (Å²) < 4.78 is 0. The number of ketones is 2. The summed E-state index contributed by atoms with van der Waals surface area (Å²) in [6.45, 7) is 0. The first-order valence-corrected chi connectivity index (χ1v) is 8.55. The zero-order valence-corrected chi connectivity index (χ0v) is 13.6. The Kier molecular flexibility index (Phi) is 4.04. The fraction of sp³-hybridized carbons (Fsp3) is 0.471. The molecular weight excluding hydrogens is 322 g/mol. The Morgan fingerprint density at radius 3 is 2.56 bits per heavy atom. The maximum Gasteiger partial charge on any atom is 0.231 e. The predicted molar refractivity (Wildman–Crippen MR) is 88.9 cm³/mol. The Balaban J connectivity index is 1.66. The number of Topliss-reactive ketones (excluding diaryl/α,β-unsaturated/α-hetero) is 2. The average Bonchev–Trinajstić information content (AvgIpc) is 3.20. The summed E-state index contributed by atoms with van der Waals surface area (Å²) in [6, 6.07) is 4.96. The van der Waals surface area contributed by atoms with Crippen LogP contribution in [0.25, 0.3) is 11.4 Å². The van der Waals surface area contributed by atoms with Gasteiger partial charge in [0.05, 0.1) is 0 Å². The molecule has 1 aromatic carbocycles. The Labute approximate surface area is 144 Å². The van der Waals surface area contributed by atoms with Crippen LogP contribution in [0.1, 0.15) is 43.6 Å². The summed E-state index contributed by atoms with van der Waals surface area (Å²) in [6.07, 6.45) is 4.64. The third-order valence-electron chi connectivity index (χ3n) is 5.07. The van der Waals surface area contributed by atoms with Gasteiger partial charge in [0.15, 0.2) is 0 Å². The van der Waals surface area contributed by atoms with Crippen LogP contribution >= 0.6 is 0 Å². The molecule has 2 saturated carbocycles. The molecule has 2 atom stereocenters. The molecular formula is C17H19N5O3. The van der Waals surface area contributed by atoms with Gasteiger partial charge in [0, 0.05) is 11.3 Å². The highest BCUT2D eigenvalue weighted by Gasteiger charge is 2.48. The lowest BCUT2D eigenvalue weighted by Crippen LogP contribution is -2.61. The summed E-state index contributed by atoms with van der Waals surface area (Å²) in [4.78, 5) is 22.9. The van der Waals surface area contributed by atoms with Crippen molar-refractivity contribution in [1.82, 2.24) is 20.6 Å². The molecule has 2 aliphatic rings. The number of H-pyrrole nitrogens is 1. The number of hydrogen-bond donors (Lipinski definition) is 3. The minimum Gasteiger partial charge on any atom is -0.382 e. The quantitative estimate of drug-likeness (QED) is 0.715. The number of carbonyl (C=O) groups is 2. The standard InChI is InChI=1S/C17H19N5O3/c23-14-13(15(24)16(14)25)18-12-7-10(9-4-2-1-3-5-9)6-11(8-12)17-19-21-22-20-17/h6-9,13-14,18,23H,1-5H2,(H,19,20,21,22). The number of aromatic nitrogens is 4. The van der Waals surface area contributed by atoms with Crippen molar-refractivity contribution in [1.29, 1.82) is 0 Å². The molecule has 2 aliphatic carbocycles. The second kappa shape index (κ2) is 6.36. The van der Waals surface area contributed by atoms with Crippen LogP contribution < -0.4 is 5.32 Å². The number of benzene rings is 1. The normalized spacial score (nSPS) is 24.2. The van der Waals surface area contributed by atoms with Gasteiger partial charge in [-0.15, -0.1) is 10.2 Å². The molecule has 25 heavy (non-hydrogen) atoms. The van der Waals surface area contributed by atoms with Gasteiger partial charge in [0.25, 0.3) is 0 Å². The summed E-state index contributed by atoms with van der Waals surface area (Å²) in [7, 11) is 0. The van der Waals surface area contributed by atoms with Gasteiger partial charge in [-0.1, -0.05) is 19.3 Å². The fourth-order valence-electron chi connectivity index (χ4n) is 3.64. The van der Waals surface area contributed by atoms with Gasteiger partial charge in [-0.25, -0.2) is 0 Å². The van der Waals surface area contributed by atoms with Crippen LogP contribution in [-0.4, -0.2) is 49.4 Å². The molecule has 8 nitrogen and oxygen atoms in total. The van der Waals surface area contributed by atoms with Gasteiger partial charge in [0.1, 0.15) is 12.1 Å². The fourth-order valence-corrected chi connectivity index (χ4v) is 3.64. The zero-order valence-electron chi connectivity index (χ0n) is 13.6. The number of aliphatic hydroxyl groups excluding tert-OH is 1. The summed E-state index contributed by atoms with van der Waals surface area (Å²) in [5.74, 6) is -0.405. The number of hydrogen-bond acceptors (Lipinski definition) is 7. The molecule has 0 amide bonds. The van der Waals surface area contributed by atoms with Crippen molar-refractivity contribution in [2.75, 3.05) is 5.32 Å². The molecule has 0 radical (unpaired) electrons. The van der Waals surface area contributed by atoms with Gasteiger partial charge >= 0.3 is 0 Å². The average molecular weight is 341 g/mol. The topological polar surface area (TPSA) is 121 Å². The van der Waals surface area contributed by atoms with Crippen LogP contribution in [0.3, 0.4) is 0 Å². The molecule has 0 spiro atoms. The van der Waals surface area contributed by atoms with E-state index in [4.69, 9.17) is 0 Å². The first-order chi connectivity index (χ1) is 12.1. The van der Waals surface area contributed by atoms with Gasteiger partial charge in [0.2, 0.25) is 17.4 Å². The van der Waals surface area contributed by atoms with E-state index in [1.807, 2.05) is 6.07 Å². The number of aliphatic hydroxyl groups is 1. The molecule has 8 heteroatoms. The van der Waals surface area contributed by atoms with Crippen molar-refractivity contribution in [3.8, 4) is 11.4 Å². The predicted octanol–water partition coefficient (Wildman–Crippen LogP) is 1.21. The Morgan fingerprint density at radius 2 is 1.88 bits per heavy atom. The lowest BCUT2D eigenvalue weighted by molar-refractivity contribution is -0.152. The lowest BCUT2D eigenvalue weighted by Gasteiger charge is -2.31. The van der Waals surface area contributed by atoms with E-state index in [1.165, 1.54) is 19.3 Å².